The number of benzene rings is 1. The van der Waals surface area contributed by atoms with Gasteiger partial charge in [0.1, 0.15) is 0 Å². The summed E-state index contributed by atoms with van der Waals surface area (Å²) in [5.41, 5.74) is 14.1. The fraction of sp³-hybridized carbons (Fsp3) is 0.333. The van der Waals surface area contributed by atoms with Crippen LogP contribution in [0.15, 0.2) is 18.2 Å². The number of nitrogens with two attached hydrogens (primary N) is 2. The SMILES string of the molecule is CC1(C)Cc2ccc/c(=C/N)c2=C1N. The summed E-state index contributed by atoms with van der Waals surface area (Å²) in [5.74, 6) is 0. The Kier molecular flexibility index (Phi) is 1.81. The summed E-state index contributed by atoms with van der Waals surface area (Å²) in [6.07, 6.45) is 2.64. The smallest absolute Gasteiger partial charge is 0.0224 e. The molecule has 2 nitrogen and oxygen atoms in total. The lowest BCUT2D eigenvalue weighted by molar-refractivity contribution is 0.506. The van der Waals surface area contributed by atoms with E-state index in [0.717, 1.165) is 22.6 Å². The molecule has 0 radical (unpaired) electrons. The van der Waals surface area contributed by atoms with Gasteiger partial charge >= 0.3 is 0 Å². The topological polar surface area (TPSA) is 52.0 Å². The maximum absolute atomic E-state index is 6.14. The molecule has 0 saturated carbocycles. The van der Waals surface area contributed by atoms with Crippen LogP contribution in [0.5, 0.6) is 0 Å². The molecule has 2 rings (SSSR count). The molecule has 0 fully saturated rings. The first-order chi connectivity index (χ1) is 6.56. The minimum atomic E-state index is 0.0709. The monoisotopic (exact) mass is 188 g/mol. The number of hydrogen-bond donors (Lipinski definition) is 2. The molecular weight excluding hydrogens is 172 g/mol. The molecule has 0 saturated heterocycles. The summed E-state index contributed by atoms with van der Waals surface area (Å²) in [7, 11) is 0. The fourth-order valence-electron chi connectivity index (χ4n) is 2.14. The van der Waals surface area contributed by atoms with Crippen LogP contribution in [0.1, 0.15) is 19.4 Å². The van der Waals surface area contributed by atoms with E-state index in [1.807, 2.05) is 12.1 Å². The molecule has 1 aromatic carbocycles. The van der Waals surface area contributed by atoms with Crippen molar-refractivity contribution in [3.8, 4) is 0 Å². The highest BCUT2D eigenvalue weighted by Crippen LogP contribution is 2.30. The zero-order valence-corrected chi connectivity index (χ0v) is 8.67. The normalized spacial score (nSPS) is 19.9. The van der Waals surface area contributed by atoms with Gasteiger partial charge in [0.15, 0.2) is 0 Å². The summed E-state index contributed by atoms with van der Waals surface area (Å²) in [4.78, 5) is 0. The predicted octanol–water partition coefficient (Wildman–Crippen LogP) is 0.0325. The van der Waals surface area contributed by atoms with Crippen molar-refractivity contribution in [2.75, 3.05) is 0 Å². The van der Waals surface area contributed by atoms with Gasteiger partial charge in [0.05, 0.1) is 0 Å². The Morgan fingerprint density at radius 2 is 2.07 bits per heavy atom. The van der Waals surface area contributed by atoms with Gasteiger partial charge in [-0.2, -0.15) is 0 Å². The van der Waals surface area contributed by atoms with Gasteiger partial charge in [-0.25, -0.2) is 0 Å². The van der Waals surface area contributed by atoms with Crippen molar-refractivity contribution in [2.45, 2.75) is 20.3 Å². The van der Waals surface area contributed by atoms with E-state index in [2.05, 4.69) is 19.9 Å². The van der Waals surface area contributed by atoms with Gasteiger partial charge in [-0.15, -0.1) is 0 Å². The third-order valence-corrected chi connectivity index (χ3v) is 2.99. The van der Waals surface area contributed by atoms with Crippen molar-refractivity contribution in [3.05, 3.63) is 34.2 Å². The summed E-state index contributed by atoms with van der Waals surface area (Å²) in [6, 6.07) is 6.17. The molecule has 1 aliphatic carbocycles. The van der Waals surface area contributed by atoms with Gasteiger partial charge in [0, 0.05) is 22.5 Å². The summed E-state index contributed by atoms with van der Waals surface area (Å²) < 4.78 is 0. The van der Waals surface area contributed by atoms with Crippen LogP contribution in [-0.2, 0) is 6.42 Å². The lowest BCUT2D eigenvalue weighted by Gasteiger charge is -2.18. The van der Waals surface area contributed by atoms with E-state index in [1.54, 1.807) is 6.20 Å². The number of fused-ring (bicyclic) bond motifs is 1. The van der Waals surface area contributed by atoms with Gasteiger partial charge in [0.25, 0.3) is 0 Å². The van der Waals surface area contributed by atoms with Crippen molar-refractivity contribution in [2.24, 2.45) is 16.9 Å². The second-order valence-electron chi connectivity index (χ2n) is 4.52. The second-order valence-corrected chi connectivity index (χ2v) is 4.52. The van der Waals surface area contributed by atoms with Crippen LogP contribution in [-0.4, -0.2) is 0 Å². The average molecular weight is 188 g/mol. The number of rotatable bonds is 0. The predicted molar refractivity (Wildman–Crippen MR) is 59.4 cm³/mol. The summed E-state index contributed by atoms with van der Waals surface area (Å²) in [5, 5.41) is 2.20. The van der Waals surface area contributed by atoms with Gasteiger partial charge in [0.2, 0.25) is 0 Å². The molecule has 74 valence electrons. The molecule has 4 N–H and O–H groups in total. The first-order valence-corrected chi connectivity index (χ1v) is 4.86. The first kappa shape index (κ1) is 9.13. The molecule has 0 bridgehead atoms. The van der Waals surface area contributed by atoms with Crippen LogP contribution in [0, 0.1) is 5.41 Å². The molecule has 1 aromatic rings. The Hall–Kier alpha value is -1.44. The van der Waals surface area contributed by atoms with E-state index in [0.29, 0.717) is 0 Å². The Morgan fingerprint density at radius 3 is 2.71 bits per heavy atom. The van der Waals surface area contributed by atoms with Crippen LogP contribution < -0.4 is 21.9 Å². The Bertz CT molecular complexity index is 484. The lowest BCUT2D eigenvalue weighted by Crippen LogP contribution is -2.32. The maximum Gasteiger partial charge on any atom is 0.0224 e. The second kappa shape index (κ2) is 2.77. The van der Waals surface area contributed by atoms with Crippen molar-refractivity contribution >= 4 is 11.9 Å². The molecule has 0 amide bonds. The number of hydrogen-bond acceptors (Lipinski definition) is 2. The zero-order chi connectivity index (χ0) is 10.3. The van der Waals surface area contributed by atoms with Crippen LogP contribution in [0.25, 0.3) is 11.9 Å². The van der Waals surface area contributed by atoms with Gasteiger partial charge in [-0.05, 0) is 17.2 Å². The van der Waals surface area contributed by atoms with Crippen molar-refractivity contribution in [1.82, 2.24) is 0 Å². The molecule has 0 aliphatic heterocycles. The minimum absolute atomic E-state index is 0.0709. The van der Waals surface area contributed by atoms with E-state index in [9.17, 15) is 0 Å². The van der Waals surface area contributed by atoms with Crippen LogP contribution >= 0.6 is 0 Å². The molecule has 0 heterocycles. The van der Waals surface area contributed by atoms with Crippen LogP contribution in [0.4, 0.5) is 0 Å². The van der Waals surface area contributed by atoms with E-state index in [-0.39, 0.29) is 5.41 Å². The van der Waals surface area contributed by atoms with Crippen molar-refractivity contribution < 1.29 is 0 Å². The molecule has 1 aliphatic rings. The van der Waals surface area contributed by atoms with E-state index < -0.39 is 0 Å². The zero-order valence-electron chi connectivity index (χ0n) is 8.67. The van der Waals surface area contributed by atoms with Gasteiger partial charge in [-0.1, -0.05) is 32.0 Å². The Morgan fingerprint density at radius 1 is 1.36 bits per heavy atom. The van der Waals surface area contributed by atoms with Gasteiger partial charge in [-0.3, -0.25) is 0 Å². The van der Waals surface area contributed by atoms with Gasteiger partial charge < -0.3 is 11.5 Å². The molecule has 0 unspecified atom stereocenters. The summed E-state index contributed by atoms with van der Waals surface area (Å²) >= 11 is 0. The summed E-state index contributed by atoms with van der Waals surface area (Å²) in [6.45, 7) is 4.34. The third-order valence-electron chi connectivity index (χ3n) is 2.99. The molecule has 0 atom stereocenters. The van der Waals surface area contributed by atoms with Crippen molar-refractivity contribution in [1.29, 1.82) is 0 Å². The first-order valence-electron chi connectivity index (χ1n) is 4.86. The highest BCUT2D eigenvalue weighted by molar-refractivity contribution is 5.56. The maximum atomic E-state index is 6.14. The highest BCUT2D eigenvalue weighted by atomic mass is 14.6. The third kappa shape index (κ3) is 1.10. The van der Waals surface area contributed by atoms with E-state index in [1.165, 1.54) is 5.56 Å². The molecule has 0 spiro atoms. The standard InChI is InChI=1S/C12H16N2/c1-12(2)6-8-4-3-5-9(7-13)10(8)11(12)14/h3-5,7H,6,13-14H2,1-2H3/b9-7-. The molecule has 14 heavy (non-hydrogen) atoms. The van der Waals surface area contributed by atoms with Crippen molar-refractivity contribution in [3.63, 3.8) is 0 Å². The average Bonchev–Trinajstić information content (AvgIpc) is 2.37. The highest BCUT2D eigenvalue weighted by Gasteiger charge is 2.28. The van der Waals surface area contributed by atoms with E-state index in [4.69, 9.17) is 11.5 Å². The lowest BCUT2D eigenvalue weighted by atomic mass is 9.89. The minimum Gasteiger partial charge on any atom is -0.404 e. The molecular formula is C12H16N2. The van der Waals surface area contributed by atoms with Crippen LogP contribution in [0.3, 0.4) is 0 Å². The van der Waals surface area contributed by atoms with Crippen LogP contribution in [0.2, 0.25) is 0 Å². The fourth-order valence-corrected chi connectivity index (χ4v) is 2.14. The Labute approximate surface area is 83.9 Å². The van der Waals surface area contributed by atoms with E-state index >= 15 is 0 Å². The Balaban J connectivity index is 2.90. The molecule has 2 heteroatoms. The largest absolute Gasteiger partial charge is 0.404 e. The molecule has 0 aromatic heterocycles. The quantitative estimate of drug-likeness (QED) is 0.603.